The Morgan fingerprint density at radius 2 is 2.28 bits per heavy atom. The highest BCUT2D eigenvalue weighted by atomic mass is 35.5. The Balaban J connectivity index is 1.77. The minimum absolute atomic E-state index is 0.0588. The molecule has 1 heterocycles. The largest absolute Gasteiger partial charge is 0.386 e. The van der Waals surface area contributed by atoms with E-state index in [1.54, 1.807) is 0 Å². The van der Waals surface area contributed by atoms with Gasteiger partial charge in [-0.3, -0.25) is 5.32 Å². The Morgan fingerprint density at radius 1 is 1.39 bits per heavy atom. The molecule has 2 aliphatic rings. The first kappa shape index (κ1) is 12.4. The van der Waals surface area contributed by atoms with Gasteiger partial charge in [0.2, 0.25) is 0 Å². The Hall–Kier alpha value is -0.610. The van der Waals surface area contributed by atoms with Gasteiger partial charge in [-0.15, -0.1) is 0 Å². The Labute approximate surface area is 112 Å². The lowest BCUT2D eigenvalue weighted by Gasteiger charge is -2.46. The maximum atomic E-state index is 10.5. The van der Waals surface area contributed by atoms with Crippen LogP contribution in [0.15, 0.2) is 24.3 Å². The standard InChI is InChI=1S/C14H18ClNO2/c15-11-5-3-4-10(8-11)13-16-9-14(17)7-2-1-6-12(14)18-13/h3-5,8,12-13,16-17H,1-2,6-7,9H2/t12-,13+,14+/m0/s1. The van der Waals surface area contributed by atoms with Crippen LogP contribution in [0.5, 0.6) is 0 Å². The molecule has 0 radical (unpaired) electrons. The molecule has 1 saturated carbocycles. The molecule has 1 aromatic carbocycles. The van der Waals surface area contributed by atoms with E-state index in [0.29, 0.717) is 11.6 Å². The lowest BCUT2D eigenvalue weighted by molar-refractivity contribution is -0.195. The molecular weight excluding hydrogens is 250 g/mol. The lowest BCUT2D eigenvalue weighted by Crippen LogP contribution is -2.59. The van der Waals surface area contributed by atoms with Crippen LogP contribution in [0.4, 0.5) is 0 Å². The zero-order chi connectivity index (χ0) is 12.6. The van der Waals surface area contributed by atoms with Gasteiger partial charge in [-0.1, -0.05) is 36.6 Å². The van der Waals surface area contributed by atoms with Gasteiger partial charge < -0.3 is 9.84 Å². The topological polar surface area (TPSA) is 41.5 Å². The number of hydrogen-bond donors (Lipinski definition) is 2. The average Bonchev–Trinajstić information content (AvgIpc) is 2.37. The molecule has 1 aromatic rings. The molecule has 1 aliphatic heterocycles. The monoisotopic (exact) mass is 267 g/mol. The van der Waals surface area contributed by atoms with E-state index in [1.165, 1.54) is 0 Å². The zero-order valence-corrected chi connectivity index (χ0v) is 11.0. The molecule has 18 heavy (non-hydrogen) atoms. The molecule has 1 aliphatic carbocycles. The number of ether oxygens (including phenoxy) is 1. The SMILES string of the molecule is O[C@@]12CCCC[C@@H]1O[C@H](c1cccc(Cl)c1)NC2. The van der Waals surface area contributed by atoms with E-state index < -0.39 is 5.60 Å². The minimum atomic E-state index is -0.687. The fourth-order valence-corrected chi connectivity index (χ4v) is 3.13. The zero-order valence-electron chi connectivity index (χ0n) is 10.2. The normalized spacial score (nSPS) is 36.1. The third kappa shape index (κ3) is 2.28. The molecule has 2 fully saturated rings. The first-order valence-corrected chi connectivity index (χ1v) is 6.92. The van der Waals surface area contributed by atoms with E-state index in [4.69, 9.17) is 16.3 Å². The number of fused-ring (bicyclic) bond motifs is 1. The van der Waals surface area contributed by atoms with Crippen LogP contribution in [0.1, 0.15) is 37.5 Å². The third-order valence-electron chi connectivity index (χ3n) is 3.97. The maximum Gasteiger partial charge on any atom is 0.134 e. The van der Waals surface area contributed by atoms with Gasteiger partial charge in [-0.2, -0.15) is 0 Å². The summed E-state index contributed by atoms with van der Waals surface area (Å²) in [5.74, 6) is 0. The smallest absolute Gasteiger partial charge is 0.134 e. The quantitative estimate of drug-likeness (QED) is 0.822. The number of hydrogen-bond acceptors (Lipinski definition) is 3. The molecule has 4 heteroatoms. The molecular formula is C14H18ClNO2. The first-order valence-electron chi connectivity index (χ1n) is 6.54. The van der Waals surface area contributed by atoms with Gasteiger partial charge in [0, 0.05) is 11.6 Å². The van der Waals surface area contributed by atoms with Crippen molar-refractivity contribution in [1.82, 2.24) is 5.32 Å². The van der Waals surface area contributed by atoms with E-state index in [2.05, 4.69) is 5.32 Å². The first-order chi connectivity index (χ1) is 8.67. The van der Waals surface area contributed by atoms with E-state index >= 15 is 0 Å². The summed E-state index contributed by atoms with van der Waals surface area (Å²) in [6.07, 6.45) is 3.76. The summed E-state index contributed by atoms with van der Waals surface area (Å²) in [5.41, 5.74) is 0.336. The van der Waals surface area contributed by atoms with Crippen LogP contribution in [0, 0.1) is 0 Å². The average molecular weight is 268 g/mol. The lowest BCUT2D eigenvalue weighted by atomic mass is 9.81. The van der Waals surface area contributed by atoms with Gasteiger partial charge in [-0.25, -0.2) is 0 Å². The van der Waals surface area contributed by atoms with Crippen LogP contribution in [0.2, 0.25) is 5.02 Å². The number of β-amino-alcohol motifs (C(OH)–C–C–N with tert-alkyl or cyclic N) is 1. The predicted molar refractivity (Wildman–Crippen MR) is 70.5 cm³/mol. The van der Waals surface area contributed by atoms with E-state index in [9.17, 15) is 5.11 Å². The maximum absolute atomic E-state index is 10.5. The third-order valence-corrected chi connectivity index (χ3v) is 4.21. The highest BCUT2D eigenvalue weighted by Crippen LogP contribution is 2.37. The second kappa shape index (κ2) is 4.82. The van der Waals surface area contributed by atoms with E-state index in [0.717, 1.165) is 31.2 Å². The molecule has 3 atom stereocenters. The van der Waals surface area contributed by atoms with Gasteiger partial charge in [0.25, 0.3) is 0 Å². The van der Waals surface area contributed by atoms with Gasteiger partial charge in [0.05, 0.1) is 6.10 Å². The van der Waals surface area contributed by atoms with Crippen molar-refractivity contribution in [3.05, 3.63) is 34.9 Å². The second-order valence-corrected chi connectivity index (χ2v) is 5.73. The predicted octanol–water partition coefficient (Wildman–Crippen LogP) is 2.63. The van der Waals surface area contributed by atoms with Crippen molar-refractivity contribution in [3.8, 4) is 0 Å². The summed E-state index contributed by atoms with van der Waals surface area (Å²) >= 11 is 6.00. The highest BCUT2D eigenvalue weighted by molar-refractivity contribution is 6.30. The second-order valence-electron chi connectivity index (χ2n) is 5.29. The molecule has 98 valence electrons. The van der Waals surface area contributed by atoms with Gasteiger partial charge in [-0.05, 0) is 30.5 Å². The number of nitrogens with one attached hydrogen (secondary N) is 1. The van der Waals surface area contributed by atoms with Crippen LogP contribution in [-0.4, -0.2) is 23.4 Å². The fraction of sp³-hybridized carbons (Fsp3) is 0.571. The van der Waals surface area contributed by atoms with Crippen LogP contribution < -0.4 is 5.32 Å². The summed E-state index contributed by atoms with van der Waals surface area (Å²) in [4.78, 5) is 0. The molecule has 0 bridgehead atoms. The van der Waals surface area contributed by atoms with Crippen molar-refractivity contribution in [2.45, 2.75) is 43.6 Å². The Kier molecular flexibility index (Phi) is 3.32. The van der Waals surface area contributed by atoms with Crippen molar-refractivity contribution in [2.24, 2.45) is 0 Å². The highest BCUT2D eigenvalue weighted by Gasteiger charge is 2.44. The molecule has 0 spiro atoms. The van der Waals surface area contributed by atoms with Crippen LogP contribution >= 0.6 is 11.6 Å². The van der Waals surface area contributed by atoms with Crippen molar-refractivity contribution in [2.75, 3.05) is 6.54 Å². The molecule has 1 saturated heterocycles. The van der Waals surface area contributed by atoms with Crippen LogP contribution in [-0.2, 0) is 4.74 Å². The minimum Gasteiger partial charge on any atom is -0.386 e. The Morgan fingerprint density at radius 3 is 3.11 bits per heavy atom. The van der Waals surface area contributed by atoms with E-state index in [1.807, 2.05) is 24.3 Å². The number of halogens is 1. The number of aliphatic hydroxyl groups is 1. The molecule has 0 amide bonds. The molecule has 3 nitrogen and oxygen atoms in total. The van der Waals surface area contributed by atoms with Crippen LogP contribution in [0.3, 0.4) is 0 Å². The van der Waals surface area contributed by atoms with Crippen molar-refractivity contribution in [3.63, 3.8) is 0 Å². The summed E-state index contributed by atoms with van der Waals surface area (Å²) in [5, 5.41) is 14.5. The number of benzene rings is 1. The Bertz CT molecular complexity index is 440. The summed E-state index contributed by atoms with van der Waals surface area (Å²) in [6.45, 7) is 0.592. The number of rotatable bonds is 1. The summed E-state index contributed by atoms with van der Waals surface area (Å²) < 4.78 is 6.01. The fourth-order valence-electron chi connectivity index (χ4n) is 2.94. The van der Waals surface area contributed by atoms with Crippen molar-refractivity contribution < 1.29 is 9.84 Å². The molecule has 0 unspecified atom stereocenters. The van der Waals surface area contributed by atoms with Crippen molar-refractivity contribution in [1.29, 1.82) is 0 Å². The summed E-state index contributed by atoms with van der Waals surface area (Å²) in [6, 6.07) is 7.68. The van der Waals surface area contributed by atoms with Crippen LogP contribution in [0.25, 0.3) is 0 Å². The van der Waals surface area contributed by atoms with E-state index in [-0.39, 0.29) is 12.3 Å². The molecule has 2 N–H and O–H groups in total. The molecule has 3 rings (SSSR count). The van der Waals surface area contributed by atoms with Gasteiger partial charge in [0.1, 0.15) is 11.8 Å². The van der Waals surface area contributed by atoms with Gasteiger partial charge >= 0.3 is 0 Å². The summed E-state index contributed by atoms with van der Waals surface area (Å²) in [7, 11) is 0. The van der Waals surface area contributed by atoms with Crippen molar-refractivity contribution >= 4 is 11.6 Å². The molecule has 0 aromatic heterocycles. The van der Waals surface area contributed by atoms with Gasteiger partial charge in [0.15, 0.2) is 0 Å².